The van der Waals surface area contributed by atoms with Gasteiger partial charge in [0.1, 0.15) is 23.4 Å². The minimum absolute atomic E-state index is 0.00804. The minimum atomic E-state index is -0.385. The van der Waals surface area contributed by atoms with Crippen LogP contribution < -0.4 is 20.1 Å². The van der Waals surface area contributed by atoms with Crippen LogP contribution in [0.1, 0.15) is 36.7 Å². The zero-order chi connectivity index (χ0) is 19.1. The second-order valence-corrected chi connectivity index (χ2v) is 6.21. The number of hydrogen-bond donors (Lipinski definition) is 3. The first-order valence-corrected chi connectivity index (χ1v) is 8.76. The predicted octanol–water partition coefficient (Wildman–Crippen LogP) is 2.25. The molecule has 0 saturated carbocycles. The van der Waals surface area contributed by atoms with Gasteiger partial charge in [-0.2, -0.15) is 0 Å². The first kappa shape index (κ1) is 19.8. The van der Waals surface area contributed by atoms with Crippen molar-refractivity contribution in [1.82, 2.24) is 10.6 Å². The molecule has 7 heteroatoms. The van der Waals surface area contributed by atoms with Crippen molar-refractivity contribution < 1.29 is 19.0 Å². The molecule has 0 aromatic heterocycles. The summed E-state index contributed by atoms with van der Waals surface area (Å²) in [5.74, 6) is 0.879. The van der Waals surface area contributed by atoms with Gasteiger partial charge in [-0.3, -0.25) is 10.2 Å². The molecule has 7 nitrogen and oxygen atoms in total. The fourth-order valence-corrected chi connectivity index (χ4v) is 2.61. The van der Waals surface area contributed by atoms with Crippen molar-refractivity contribution in [2.75, 3.05) is 20.3 Å². The Labute approximate surface area is 154 Å². The van der Waals surface area contributed by atoms with E-state index in [-0.39, 0.29) is 24.0 Å². The number of fused-ring (bicyclic) bond motifs is 1. The van der Waals surface area contributed by atoms with Gasteiger partial charge in [-0.1, -0.05) is 0 Å². The molecular weight excluding hydrogens is 334 g/mol. The molecular formula is C19H27N3O4. The first-order chi connectivity index (χ1) is 12.4. The predicted molar refractivity (Wildman–Crippen MR) is 100 cm³/mol. The Kier molecular flexibility index (Phi) is 7.03. The average molecular weight is 361 g/mol. The van der Waals surface area contributed by atoms with E-state index in [0.717, 1.165) is 5.56 Å². The molecule has 2 rings (SSSR count). The number of ether oxygens (including phenoxy) is 3. The van der Waals surface area contributed by atoms with Gasteiger partial charge in [0.05, 0.1) is 12.7 Å². The lowest BCUT2D eigenvalue weighted by Crippen LogP contribution is -2.28. The van der Waals surface area contributed by atoms with Gasteiger partial charge >= 0.3 is 0 Å². The third-order valence-corrected chi connectivity index (χ3v) is 3.69. The lowest BCUT2D eigenvalue weighted by molar-refractivity contribution is 0.0678. The average Bonchev–Trinajstić information content (AvgIpc) is 3.00. The van der Waals surface area contributed by atoms with Gasteiger partial charge in [0, 0.05) is 31.2 Å². The van der Waals surface area contributed by atoms with Gasteiger partial charge in [0.15, 0.2) is 0 Å². The summed E-state index contributed by atoms with van der Waals surface area (Å²) in [6, 6.07) is 3.40. The SMILES string of the molecule is CCOCC1Cc2c(OC(C)C)cc(C(=O)NC(=N)/C=C\NC)cc2O1. The molecule has 26 heavy (non-hydrogen) atoms. The number of hydrogen-bond acceptors (Lipinski definition) is 6. The van der Waals surface area contributed by atoms with Gasteiger partial charge < -0.3 is 24.8 Å². The summed E-state index contributed by atoms with van der Waals surface area (Å²) in [5, 5.41) is 13.1. The van der Waals surface area contributed by atoms with Gasteiger partial charge in [0.25, 0.3) is 5.91 Å². The standard InChI is InChI=1S/C19H27N3O4/c1-5-24-11-14-10-15-16(25-12(2)3)8-13(9-17(15)26-14)19(23)22-18(20)6-7-21-4/h6-9,12,14,21H,5,10-11H2,1-4H3,(H2,20,22,23)/b7-6-. The van der Waals surface area contributed by atoms with Gasteiger partial charge in [-0.25, -0.2) is 0 Å². The molecule has 1 aliphatic rings. The Balaban J connectivity index is 2.22. The van der Waals surface area contributed by atoms with Crippen molar-refractivity contribution in [3.8, 4) is 11.5 Å². The van der Waals surface area contributed by atoms with Crippen molar-refractivity contribution in [2.45, 2.75) is 39.4 Å². The second kappa shape index (κ2) is 9.24. The zero-order valence-electron chi connectivity index (χ0n) is 15.7. The third kappa shape index (κ3) is 5.23. The molecule has 1 aromatic carbocycles. The Hall–Kier alpha value is -2.54. The lowest BCUT2D eigenvalue weighted by atomic mass is 10.1. The normalized spacial score (nSPS) is 15.7. The number of amidine groups is 1. The van der Waals surface area contributed by atoms with E-state index >= 15 is 0 Å². The highest BCUT2D eigenvalue weighted by atomic mass is 16.5. The Bertz CT molecular complexity index is 686. The monoisotopic (exact) mass is 361 g/mol. The van der Waals surface area contributed by atoms with Crippen LogP contribution in [0.3, 0.4) is 0 Å². The van der Waals surface area contributed by atoms with E-state index in [9.17, 15) is 4.79 Å². The lowest BCUT2D eigenvalue weighted by Gasteiger charge is -2.14. The molecule has 1 amide bonds. The van der Waals surface area contributed by atoms with Crippen molar-refractivity contribution in [1.29, 1.82) is 5.41 Å². The van der Waals surface area contributed by atoms with Crippen molar-refractivity contribution in [3.05, 3.63) is 35.5 Å². The molecule has 1 heterocycles. The number of carbonyl (C=O) groups is 1. The Morgan fingerprint density at radius 3 is 2.88 bits per heavy atom. The quantitative estimate of drug-likeness (QED) is 0.488. The summed E-state index contributed by atoms with van der Waals surface area (Å²) in [7, 11) is 1.72. The number of carbonyl (C=O) groups excluding carboxylic acids is 1. The summed E-state index contributed by atoms with van der Waals surface area (Å²) in [6.07, 6.45) is 3.60. The van der Waals surface area contributed by atoms with Gasteiger partial charge in [0.2, 0.25) is 0 Å². The Morgan fingerprint density at radius 1 is 1.46 bits per heavy atom. The summed E-state index contributed by atoms with van der Waals surface area (Å²) >= 11 is 0. The van der Waals surface area contributed by atoms with Gasteiger partial charge in [-0.05, 0) is 45.2 Å². The molecule has 142 valence electrons. The maximum atomic E-state index is 12.5. The number of rotatable bonds is 8. The molecule has 0 aliphatic carbocycles. The molecule has 0 bridgehead atoms. The van der Waals surface area contributed by atoms with Crippen LogP contribution in [0.25, 0.3) is 0 Å². The van der Waals surface area contributed by atoms with E-state index in [0.29, 0.717) is 36.7 Å². The second-order valence-electron chi connectivity index (χ2n) is 6.21. The van der Waals surface area contributed by atoms with Crippen molar-refractivity contribution in [3.63, 3.8) is 0 Å². The largest absolute Gasteiger partial charge is 0.491 e. The van der Waals surface area contributed by atoms with Crippen LogP contribution in [0.5, 0.6) is 11.5 Å². The number of nitrogens with one attached hydrogen (secondary N) is 3. The molecule has 1 aliphatic heterocycles. The highest BCUT2D eigenvalue weighted by Gasteiger charge is 2.28. The Morgan fingerprint density at radius 2 is 2.23 bits per heavy atom. The number of benzene rings is 1. The van der Waals surface area contributed by atoms with E-state index in [1.54, 1.807) is 25.4 Å². The molecule has 1 atom stereocenters. The van der Waals surface area contributed by atoms with Crippen molar-refractivity contribution >= 4 is 11.7 Å². The van der Waals surface area contributed by atoms with E-state index in [4.69, 9.17) is 19.6 Å². The minimum Gasteiger partial charge on any atom is -0.491 e. The van der Waals surface area contributed by atoms with Crippen LogP contribution in [-0.2, 0) is 11.2 Å². The van der Waals surface area contributed by atoms with Crippen LogP contribution in [0.2, 0.25) is 0 Å². The van der Waals surface area contributed by atoms with Crippen LogP contribution in [0.15, 0.2) is 24.4 Å². The zero-order valence-corrected chi connectivity index (χ0v) is 15.7. The topological polar surface area (TPSA) is 92.7 Å². The molecule has 0 spiro atoms. The summed E-state index contributed by atoms with van der Waals surface area (Å²) in [4.78, 5) is 12.5. The summed E-state index contributed by atoms with van der Waals surface area (Å²) < 4.78 is 17.3. The van der Waals surface area contributed by atoms with Crippen molar-refractivity contribution in [2.24, 2.45) is 0 Å². The highest BCUT2D eigenvalue weighted by molar-refractivity contribution is 6.09. The van der Waals surface area contributed by atoms with E-state index in [2.05, 4.69) is 10.6 Å². The fraction of sp³-hybridized carbons (Fsp3) is 0.474. The van der Waals surface area contributed by atoms with Crippen LogP contribution in [0.4, 0.5) is 0 Å². The fourth-order valence-electron chi connectivity index (χ4n) is 2.61. The highest BCUT2D eigenvalue weighted by Crippen LogP contribution is 2.38. The molecule has 1 unspecified atom stereocenters. The van der Waals surface area contributed by atoms with E-state index in [1.165, 1.54) is 6.08 Å². The van der Waals surface area contributed by atoms with Crippen LogP contribution in [-0.4, -0.2) is 44.2 Å². The summed E-state index contributed by atoms with van der Waals surface area (Å²) in [5.41, 5.74) is 1.34. The maximum Gasteiger partial charge on any atom is 0.257 e. The number of amides is 1. The smallest absolute Gasteiger partial charge is 0.257 e. The maximum absolute atomic E-state index is 12.5. The molecule has 0 radical (unpaired) electrons. The van der Waals surface area contributed by atoms with E-state index in [1.807, 2.05) is 20.8 Å². The van der Waals surface area contributed by atoms with Crippen LogP contribution >= 0.6 is 0 Å². The molecule has 3 N–H and O–H groups in total. The van der Waals surface area contributed by atoms with E-state index < -0.39 is 0 Å². The molecule has 1 aromatic rings. The van der Waals surface area contributed by atoms with Gasteiger partial charge in [-0.15, -0.1) is 0 Å². The molecule has 0 fully saturated rings. The molecule has 0 saturated heterocycles. The summed E-state index contributed by atoms with van der Waals surface area (Å²) in [6.45, 7) is 6.93. The third-order valence-electron chi connectivity index (χ3n) is 3.69. The van der Waals surface area contributed by atoms with Crippen LogP contribution in [0, 0.1) is 5.41 Å². The first-order valence-electron chi connectivity index (χ1n) is 8.76.